The summed E-state index contributed by atoms with van der Waals surface area (Å²) >= 11 is 0. The van der Waals surface area contributed by atoms with E-state index in [4.69, 9.17) is 9.47 Å². The maximum atomic E-state index is 12.6. The van der Waals surface area contributed by atoms with Gasteiger partial charge >= 0.3 is 0 Å². The van der Waals surface area contributed by atoms with Gasteiger partial charge in [0.1, 0.15) is 18.1 Å². The summed E-state index contributed by atoms with van der Waals surface area (Å²) in [5, 5.41) is 2.77. The number of rotatable bonds is 6. The molecule has 2 aromatic rings. The maximum Gasteiger partial charge on any atom is 0.263 e. The Labute approximate surface area is 184 Å². The van der Waals surface area contributed by atoms with Crippen molar-refractivity contribution in [2.24, 2.45) is 0 Å². The molecule has 7 nitrogen and oxygen atoms in total. The quantitative estimate of drug-likeness (QED) is 0.690. The second-order valence-corrected chi connectivity index (χ2v) is 10.7. The molecule has 0 spiro atoms. The third-order valence-electron chi connectivity index (χ3n) is 5.07. The Balaban J connectivity index is 1.57. The molecular formula is C23H30N2O5S. The van der Waals surface area contributed by atoms with Gasteiger partial charge in [-0.25, -0.2) is 8.42 Å². The molecule has 0 radical (unpaired) electrons. The number of ether oxygens (including phenoxy) is 2. The lowest BCUT2D eigenvalue weighted by molar-refractivity contribution is -0.127. The Hall–Kier alpha value is -2.74. The second kappa shape index (κ2) is 8.78. The predicted octanol–water partition coefficient (Wildman–Crippen LogP) is 3.01. The topological polar surface area (TPSA) is 84.9 Å². The van der Waals surface area contributed by atoms with Crippen molar-refractivity contribution in [3.05, 3.63) is 53.6 Å². The summed E-state index contributed by atoms with van der Waals surface area (Å²) in [6.45, 7) is 8.82. The number of amides is 1. The van der Waals surface area contributed by atoms with Crippen molar-refractivity contribution in [1.29, 1.82) is 0 Å². The van der Waals surface area contributed by atoms with Gasteiger partial charge in [-0.15, -0.1) is 0 Å². The number of carbonyl (C=O) groups excluding carboxylic acids is 1. The van der Waals surface area contributed by atoms with Gasteiger partial charge in [0.2, 0.25) is 10.0 Å². The van der Waals surface area contributed by atoms with Crippen molar-refractivity contribution < 1.29 is 22.7 Å². The van der Waals surface area contributed by atoms with E-state index < -0.39 is 16.1 Å². The number of hydrogen-bond donors (Lipinski definition) is 1. The molecule has 1 heterocycles. The van der Waals surface area contributed by atoms with Crippen LogP contribution >= 0.6 is 0 Å². The number of nitrogens with one attached hydrogen (secondary N) is 1. The molecular weight excluding hydrogens is 416 g/mol. The van der Waals surface area contributed by atoms with Crippen LogP contribution in [0.4, 0.5) is 5.69 Å². The van der Waals surface area contributed by atoms with Gasteiger partial charge in [-0.05, 0) is 47.7 Å². The minimum Gasteiger partial charge on any atom is -0.492 e. The fourth-order valence-electron chi connectivity index (χ4n) is 3.32. The summed E-state index contributed by atoms with van der Waals surface area (Å²) in [6.07, 6.45) is 0.186. The van der Waals surface area contributed by atoms with Crippen LogP contribution in [0, 0.1) is 6.92 Å². The van der Waals surface area contributed by atoms with E-state index in [0.717, 1.165) is 17.6 Å². The molecule has 1 aliphatic rings. The molecule has 0 fully saturated rings. The summed E-state index contributed by atoms with van der Waals surface area (Å²) in [5.41, 5.74) is 2.65. The normalized spacial score (nSPS) is 16.3. The average molecular weight is 447 g/mol. The van der Waals surface area contributed by atoms with Crippen molar-refractivity contribution in [3.8, 4) is 11.5 Å². The highest BCUT2D eigenvalue weighted by atomic mass is 32.2. The standard InChI is InChI=1S/C23H30N2O5S/c1-16-6-11-19-20(14-16)30-21(15-25(19)31(5,27)28)22(26)24-12-13-29-18-9-7-17(8-10-18)23(2,3)4/h6-11,14,21H,12-13,15H2,1-5H3,(H,24,26)/t21-/m0/s1. The second-order valence-electron chi connectivity index (χ2n) is 8.79. The Kier molecular flexibility index (Phi) is 6.50. The minimum atomic E-state index is -3.55. The van der Waals surface area contributed by atoms with Crippen LogP contribution in [0.3, 0.4) is 0 Å². The molecule has 8 heteroatoms. The molecule has 0 aromatic heterocycles. The lowest BCUT2D eigenvalue weighted by atomic mass is 9.87. The Morgan fingerprint density at radius 3 is 2.48 bits per heavy atom. The maximum absolute atomic E-state index is 12.6. The largest absolute Gasteiger partial charge is 0.492 e. The first-order valence-corrected chi connectivity index (χ1v) is 12.1. The first kappa shape index (κ1) is 22.9. The first-order chi connectivity index (χ1) is 14.4. The monoisotopic (exact) mass is 446 g/mol. The van der Waals surface area contributed by atoms with E-state index in [1.807, 2.05) is 37.3 Å². The highest BCUT2D eigenvalue weighted by molar-refractivity contribution is 7.92. The molecule has 168 valence electrons. The molecule has 31 heavy (non-hydrogen) atoms. The summed E-state index contributed by atoms with van der Waals surface area (Å²) in [5.74, 6) is 0.725. The smallest absolute Gasteiger partial charge is 0.263 e. The van der Waals surface area contributed by atoms with Gasteiger partial charge in [0.15, 0.2) is 6.10 Å². The van der Waals surface area contributed by atoms with E-state index in [9.17, 15) is 13.2 Å². The van der Waals surface area contributed by atoms with Crippen LogP contribution in [0.2, 0.25) is 0 Å². The first-order valence-electron chi connectivity index (χ1n) is 10.2. The third-order valence-corrected chi connectivity index (χ3v) is 6.21. The Morgan fingerprint density at radius 2 is 1.87 bits per heavy atom. The van der Waals surface area contributed by atoms with Crippen molar-refractivity contribution in [3.63, 3.8) is 0 Å². The molecule has 1 aliphatic heterocycles. The number of fused-ring (bicyclic) bond motifs is 1. The third kappa shape index (κ3) is 5.70. The zero-order valence-corrected chi connectivity index (χ0v) is 19.5. The zero-order valence-electron chi connectivity index (χ0n) is 18.6. The van der Waals surface area contributed by atoms with E-state index in [-0.39, 0.29) is 24.4 Å². The number of sulfonamides is 1. The highest BCUT2D eigenvalue weighted by Crippen LogP contribution is 2.35. The SMILES string of the molecule is Cc1ccc2c(c1)O[C@H](C(=O)NCCOc1ccc(C(C)(C)C)cc1)CN2S(C)(=O)=O. The zero-order chi connectivity index (χ0) is 22.8. The van der Waals surface area contributed by atoms with Crippen LogP contribution in [0.5, 0.6) is 11.5 Å². The average Bonchev–Trinajstić information content (AvgIpc) is 2.69. The molecule has 3 rings (SSSR count). The van der Waals surface area contributed by atoms with Crippen LogP contribution in [-0.2, 0) is 20.2 Å². The molecule has 0 saturated heterocycles. The van der Waals surface area contributed by atoms with Crippen LogP contribution in [-0.4, -0.2) is 46.4 Å². The molecule has 2 aromatic carbocycles. The van der Waals surface area contributed by atoms with Gasteiger partial charge in [-0.1, -0.05) is 39.0 Å². The molecule has 0 aliphatic carbocycles. The molecule has 1 atom stereocenters. The van der Waals surface area contributed by atoms with Crippen molar-refractivity contribution >= 4 is 21.6 Å². The van der Waals surface area contributed by atoms with Gasteiger partial charge < -0.3 is 14.8 Å². The molecule has 0 unspecified atom stereocenters. The van der Waals surface area contributed by atoms with E-state index in [0.29, 0.717) is 18.0 Å². The molecule has 1 amide bonds. The van der Waals surface area contributed by atoms with Crippen molar-refractivity contribution in [2.45, 2.75) is 39.2 Å². The van der Waals surface area contributed by atoms with Gasteiger partial charge in [0, 0.05) is 0 Å². The van der Waals surface area contributed by atoms with Crippen molar-refractivity contribution in [1.82, 2.24) is 5.32 Å². The molecule has 0 bridgehead atoms. The summed E-state index contributed by atoms with van der Waals surface area (Å²) in [7, 11) is -3.55. The van der Waals surface area contributed by atoms with Crippen LogP contribution in [0.1, 0.15) is 31.9 Å². The number of carbonyl (C=O) groups is 1. The summed E-state index contributed by atoms with van der Waals surface area (Å²) in [4.78, 5) is 12.6. The summed E-state index contributed by atoms with van der Waals surface area (Å²) < 4.78 is 37.2. The van der Waals surface area contributed by atoms with E-state index >= 15 is 0 Å². The lowest BCUT2D eigenvalue weighted by Gasteiger charge is -2.34. The summed E-state index contributed by atoms with van der Waals surface area (Å²) in [6, 6.07) is 13.1. The predicted molar refractivity (Wildman–Crippen MR) is 121 cm³/mol. The Morgan fingerprint density at radius 1 is 1.19 bits per heavy atom. The molecule has 0 saturated carbocycles. The van der Waals surface area contributed by atoms with Crippen LogP contribution in [0.15, 0.2) is 42.5 Å². The lowest BCUT2D eigenvalue weighted by Crippen LogP contribution is -2.51. The van der Waals surface area contributed by atoms with Gasteiger partial charge in [-0.3, -0.25) is 9.10 Å². The molecule has 1 N–H and O–H groups in total. The number of nitrogens with zero attached hydrogens (tertiary/aromatic N) is 1. The van der Waals surface area contributed by atoms with E-state index in [1.54, 1.807) is 12.1 Å². The van der Waals surface area contributed by atoms with Crippen molar-refractivity contribution in [2.75, 3.05) is 30.3 Å². The highest BCUT2D eigenvalue weighted by Gasteiger charge is 2.34. The van der Waals surface area contributed by atoms with Gasteiger partial charge in [0.05, 0.1) is 25.0 Å². The van der Waals surface area contributed by atoms with Gasteiger partial charge in [-0.2, -0.15) is 0 Å². The number of aryl methyl sites for hydroxylation is 1. The number of benzene rings is 2. The van der Waals surface area contributed by atoms with Crippen LogP contribution in [0.25, 0.3) is 0 Å². The number of hydrogen-bond acceptors (Lipinski definition) is 5. The van der Waals surface area contributed by atoms with E-state index in [2.05, 4.69) is 26.1 Å². The van der Waals surface area contributed by atoms with Gasteiger partial charge in [0.25, 0.3) is 5.91 Å². The minimum absolute atomic E-state index is 0.0729. The van der Waals surface area contributed by atoms with Crippen LogP contribution < -0.4 is 19.1 Å². The Bertz CT molecular complexity index is 1040. The van der Waals surface area contributed by atoms with E-state index in [1.165, 1.54) is 9.87 Å². The fourth-order valence-corrected chi connectivity index (χ4v) is 4.23. The fraction of sp³-hybridized carbons (Fsp3) is 0.435. The number of anilines is 1.